The van der Waals surface area contributed by atoms with E-state index in [1.165, 1.54) is 38.1 Å². The van der Waals surface area contributed by atoms with E-state index in [9.17, 15) is 28.7 Å². The van der Waals surface area contributed by atoms with Crippen LogP contribution in [0.4, 0.5) is 4.39 Å². The molecule has 35 heavy (non-hydrogen) atoms. The molecule has 0 aliphatic heterocycles. The van der Waals surface area contributed by atoms with Crippen LogP contribution in [0.3, 0.4) is 0 Å². The van der Waals surface area contributed by atoms with E-state index >= 15 is 0 Å². The first-order chi connectivity index (χ1) is 16.5. The van der Waals surface area contributed by atoms with Crippen LogP contribution in [0.2, 0.25) is 0 Å². The molecule has 0 saturated carbocycles. The number of nitrogens with two attached hydrogens (primary N) is 1. The van der Waals surface area contributed by atoms with Crippen molar-refractivity contribution in [3.05, 3.63) is 65.5 Å². The molecule has 0 unspecified atom stereocenters. The molecule has 2 aromatic rings. The first kappa shape index (κ1) is 27.3. The summed E-state index contributed by atoms with van der Waals surface area (Å²) >= 11 is 0. The van der Waals surface area contributed by atoms with Crippen LogP contribution < -0.4 is 21.7 Å². The number of carbonyl (C=O) groups is 4. The summed E-state index contributed by atoms with van der Waals surface area (Å²) in [6.45, 7) is 3.38. The van der Waals surface area contributed by atoms with E-state index in [4.69, 9.17) is 5.73 Å². The summed E-state index contributed by atoms with van der Waals surface area (Å²) < 4.78 is 13.3. The van der Waals surface area contributed by atoms with Crippen molar-refractivity contribution >= 4 is 23.6 Å². The van der Waals surface area contributed by atoms with Gasteiger partial charge in [0, 0.05) is 25.8 Å². The number of benzene rings is 2. The second-order valence-corrected chi connectivity index (χ2v) is 8.70. The van der Waals surface area contributed by atoms with Crippen LogP contribution in [-0.4, -0.2) is 46.9 Å². The maximum Gasteiger partial charge on any atom is 0.245 e. The van der Waals surface area contributed by atoms with Crippen LogP contribution in [0.15, 0.2) is 48.5 Å². The zero-order valence-electron chi connectivity index (χ0n) is 19.8. The predicted molar refractivity (Wildman–Crippen MR) is 128 cm³/mol. The quantitative estimate of drug-likeness (QED) is 0.304. The zero-order chi connectivity index (χ0) is 26.0. The van der Waals surface area contributed by atoms with Gasteiger partial charge in [0.05, 0.1) is 0 Å². The highest BCUT2D eigenvalue weighted by Crippen LogP contribution is 2.11. The molecule has 0 aliphatic rings. The summed E-state index contributed by atoms with van der Waals surface area (Å²) in [4.78, 5) is 49.0. The topological polar surface area (TPSA) is 151 Å². The molecule has 0 spiro atoms. The standard InChI is InChI=1S/C25H31FN4O5/c1-25(2,24(35)28-14-13-16-5-9-19(31)10-6-16)30-23(34)20(29-22(33)12-11-21(27)32)15-17-3-7-18(26)8-4-17/h3-10,20,31H,11-15H2,1-2H3,(H2,27,32)(H,28,35)(H,29,33)(H,30,34)/t20-/m0/s1. The average Bonchev–Trinajstić information content (AvgIpc) is 2.79. The number of hydrogen-bond acceptors (Lipinski definition) is 5. The Morgan fingerprint density at radius 2 is 1.57 bits per heavy atom. The Morgan fingerprint density at radius 1 is 0.971 bits per heavy atom. The van der Waals surface area contributed by atoms with Gasteiger partial charge in [-0.3, -0.25) is 19.2 Å². The maximum atomic E-state index is 13.3. The van der Waals surface area contributed by atoms with Gasteiger partial charge in [-0.05, 0) is 55.7 Å². The monoisotopic (exact) mass is 486 g/mol. The Kier molecular flexibility index (Phi) is 9.74. The predicted octanol–water partition coefficient (Wildman–Crippen LogP) is 1.08. The van der Waals surface area contributed by atoms with E-state index in [-0.39, 0.29) is 25.0 Å². The molecule has 0 bridgehead atoms. The van der Waals surface area contributed by atoms with E-state index in [2.05, 4.69) is 16.0 Å². The molecular weight excluding hydrogens is 455 g/mol. The Balaban J connectivity index is 2.01. The van der Waals surface area contributed by atoms with Crippen molar-refractivity contribution in [2.45, 2.75) is 51.1 Å². The Labute approximate surface area is 203 Å². The van der Waals surface area contributed by atoms with E-state index < -0.39 is 41.0 Å². The van der Waals surface area contributed by atoms with E-state index in [0.29, 0.717) is 18.5 Å². The number of nitrogens with one attached hydrogen (secondary N) is 3. The summed E-state index contributed by atoms with van der Waals surface area (Å²) in [7, 11) is 0. The normalized spacial score (nSPS) is 11.9. The van der Waals surface area contributed by atoms with Gasteiger partial charge in [0.25, 0.3) is 0 Å². The molecular formula is C25H31FN4O5. The largest absolute Gasteiger partial charge is 0.508 e. The number of rotatable bonds is 12. The Morgan fingerprint density at radius 3 is 2.17 bits per heavy atom. The third-order valence-electron chi connectivity index (χ3n) is 5.24. The van der Waals surface area contributed by atoms with Crippen molar-refractivity contribution in [1.29, 1.82) is 0 Å². The Bertz CT molecular complexity index is 1040. The molecule has 0 aromatic heterocycles. The number of amides is 4. The van der Waals surface area contributed by atoms with Crippen LogP contribution in [0, 0.1) is 5.82 Å². The summed E-state index contributed by atoms with van der Waals surface area (Å²) in [5.41, 5.74) is 5.29. The van der Waals surface area contributed by atoms with E-state index in [1.54, 1.807) is 24.3 Å². The highest BCUT2D eigenvalue weighted by atomic mass is 19.1. The van der Waals surface area contributed by atoms with Crippen molar-refractivity contribution in [3.8, 4) is 5.75 Å². The number of phenolic OH excluding ortho intramolecular Hbond substituents is 1. The van der Waals surface area contributed by atoms with E-state index in [1.807, 2.05) is 0 Å². The van der Waals surface area contributed by atoms with Crippen LogP contribution in [0.25, 0.3) is 0 Å². The summed E-state index contributed by atoms with van der Waals surface area (Å²) in [6, 6.07) is 11.0. The van der Waals surface area contributed by atoms with Gasteiger partial charge in [0.1, 0.15) is 23.1 Å². The molecule has 0 saturated heterocycles. The molecule has 0 aliphatic carbocycles. The molecule has 10 heteroatoms. The molecule has 0 fully saturated rings. The molecule has 1 atom stereocenters. The number of aromatic hydroxyl groups is 1. The molecule has 0 heterocycles. The van der Waals surface area contributed by atoms with Gasteiger partial charge in [0.2, 0.25) is 23.6 Å². The minimum Gasteiger partial charge on any atom is -0.508 e. The Hall–Kier alpha value is -3.95. The number of primary amides is 1. The molecule has 2 aromatic carbocycles. The smallest absolute Gasteiger partial charge is 0.245 e. The molecule has 9 nitrogen and oxygen atoms in total. The average molecular weight is 487 g/mol. The second kappa shape index (κ2) is 12.5. The fourth-order valence-corrected chi connectivity index (χ4v) is 3.22. The lowest BCUT2D eigenvalue weighted by Crippen LogP contribution is -2.59. The number of phenols is 1. The maximum absolute atomic E-state index is 13.3. The van der Waals surface area contributed by atoms with Crippen molar-refractivity contribution in [1.82, 2.24) is 16.0 Å². The molecule has 6 N–H and O–H groups in total. The lowest BCUT2D eigenvalue weighted by Gasteiger charge is -2.28. The molecule has 2 rings (SSSR count). The van der Waals surface area contributed by atoms with Gasteiger partial charge < -0.3 is 26.8 Å². The van der Waals surface area contributed by atoms with Gasteiger partial charge in [-0.15, -0.1) is 0 Å². The second-order valence-electron chi connectivity index (χ2n) is 8.70. The van der Waals surface area contributed by atoms with Crippen LogP contribution in [0.5, 0.6) is 5.75 Å². The van der Waals surface area contributed by atoms with Crippen LogP contribution in [-0.2, 0) is 32.0 Å². The molecule has 4 amide bonds. The third kappa shape index (κ3) is 9.44. The van der Waals surface area contributed by atoms with Crippen molar-refractivity contribution in [2.24, 2.45) is 5.73 Å². The summed E-state index contributed by atoms with van der Waals surface area (Å²) in [5, 5.41) is 17.3. The van der Waals surface area contributed by atoms with Crippen LogP contribution in [0.1, 0.15) is 37.8 Å². The van der Waals surface area contributed by atoms with Gasteiger partial charge in [-0.1, -0.05) is 24.3 Å². The summed E-state index contributed by atoms with van der Waals surface area (Å²) in [5.74, 6) is -2.53. The van der Waals surface area contributed by atoms with Crippen molar-refractivity contribution < 1.29 is 28.7 Å². The van der Waals surface area contributed by atoms with Gasteiger partial charge in [-0.2, -0.15) is 0 Å². The highest BCUT2D eigenvalue weighted by Gasteiger charge is 2.32. The lowest BCUT2D eigenvalue weighted by atomic mass is 10.0. The fourth-order valence-electron chi connectivity index (χ4n) is 3.22. The fraction of sp³-hybridized carbons (Fsp3) is 0.360. The number of hydrogen-bond donors (Lipinski definition) is 5. The van der Waals surface area contributed by atoms with Crippen molar-refractivity contribution in [2.75, 3.05) is 6.54 Å². The third-order valence-corrected chi connectivity index (χ3v) is 5.24. The number of carbonyl (C=O) groups excluding carboxylic acids is 4. The SMILES string of the molecule is CC(C)(NC(=O)[C@H](Cc1ccc(F)cc1)NC(=O)CCC(N)=O)C(=O)NCCc1ccc(O)cc1. The molecule has 0 radical (unpaired) electrons. The highest BCUT2D eigenvalue weighted by molar-refractivity contribution is 5.94. The minimum atomic E-state index is -1.30. The van der Waals surface area contributed by atoms with Gasteiger partial charge in [0.15, 0.2) is 0 Å². The lowest BCUT2D eigenvalue weighted by molar-refractivity contribution is -0.134. The van der Waals surface area contributed by atoms with Crippen LogP contribution >= 0.6 is 0 Å². The summed E-state index contributed by atoms with van der Waals surface area (Å²) in [6.07, 6.45) is 0.210. The van der Waals surface area contributed by atoms with E-state index in [0.717, 1.165) is 5.56 Å². The molecule has 188 valence electrons. The number of halogens is 1. The zero-order valence-corrected chi connectivity index (χ0v) is 19.8. The van der Waals surface area contributed by atoms with Gasteiger partial charge in [-0.25, -0.2) is 4.39 Å². The first-order valence-electron chi connectivity index (χ1n) is 11.2. The minimum absolute atomic E-state index is 0.0486. The first-order valence-corrected chi connectivity index (χ1v) is 11.2. The van der Waals surface area contributed by atoms with Gasteiger partial charge >= 0.3 is 0 Å². The van der Waals surface area contributed by atoms with Crippen molar-refractivity contribution in [3.63, 3.8) is 0 Å².